The number of carbonyl (C=O) groups is 2. The van der Waals surface area contributed by atoms with E-state index in [9.17, 15) is 18.4 Å². The second-order valence-corrected chi connectivity index (χ2v) is 7.35. The van der Waals surface area contributed by atoms with Gasteiger partial charge in [0.05, 0.1) is 11.4 Å². The molecule has 0 bridgehead atoms. The van der Waals surface area contributed by atoms with E-state index >= 15 is 0 Å². The second kappa shape index (κ2) is 7.87. The molecule has 1 aliphatic rings. The molecule has 1 fully saturated rings. The highest BCUT2D eigenvalue weighted by Gasteiger charge is 2.32. The van der Waals surface area contributed by atoms with Crippen LogP contribution in [-0.4, -0.2) is 22.2 Å². The molecule has 0 aliphatic carbocycles. The fraction of sp³-hybridized carbons (Fsp3) is 0.211. The smallest absolute Gasteiger partial charge is 0.240 e. The first-order valence-corrected chi connectivity index (χ1v) is 9.08. The minimum atomic E-state index is -0.871. The predicted octanol–water partition coefficient (Wildman–Crippen LogP) is 3.83. The van der Waals surface area contributed by atoms with Gasteiger partial charge in [-0.2, -0.15) is 0 Å². The molecule has 1 atom stereocenters. The Kier molecular flexibility index (Phi) is 5.55. The van der Waals surface area contributed by atoms with Gasteiger partial charge in [0, 0.05) is 12.5 Å². The van der Waals surface area contributed by atoms with E-state index in [0.717, 1.165) is 35.0 Å². The average Bonchev–Trinajstić information content (AvgIpc) is 2.93. The largest absolute Gasteiger partial charge is 0.324 e. The molecule has 27 heavy (non-hydrogen) atoms. The Labute approximate surface area is 159 Å². The number of anilines is 1. The van der Waals surface area contributed by atoms with Crippen LogP contribution < -0.4 is 10.6 Å². The van der Waals surface area contributed by atoms with Gasteiger partial charge in [0.2, 0.25) is 11.8 Å². The fourth-order valence-corrected chi connectivity index (χ4v) is 3.45. The summed E-state index contributed by atoms with van der Waals surface area (Å²) in [6.45, 7) is 3.97. The van der Waals surface area contributed by atoms with Crippen molar-refractivity contribution in [2.45, 2.75) is 25.5 Å². The van der Waals surface area contributed by atoms with Crippen LogP contribution in [0.2, 0.25) is 0 Å². The number of carbonyl (C=O) groups excluding carboxylic acids is 2. The standard InChI is InChI=1S/C19H17F2N3O2S/c1-10-3-5-13(7-11(10)2)22-19-24-18(26)16(27-19)9-17(25)23-15-6-4-12(20)8-14(15)21/h3-8,16H,9H2,1-2H3,(H,23,25)(H,22,24,26)/t16-/m0/s1. The number of amidine groups is 1. The van der Waals surface area contributed by atoms with Gasteiger partial charge in [-0.1, -0.05) is 17.8 Å². The van der Waals surface area contributed by atoms with Crippen LogP contribution in [0.5, 0.6) is 0 Å². The normalized spacial score (nSPS) is 17.9. The lowest BCUT2D eigenvalue weighted by Gasteiger charge is -2.08. The first-order valence-electron chi connectivity index (χ1n) is 8.20. The van der Waals surface area contributed by atoms with Crippen molar-refractivity contribution < 1.29 is 18.4 Å². The van der Waals surface area contributed by atoms with Crippen molar-refractivity contribution in [1.29, 1.82) is 0 Å². The van der Waals surface area contributed by atoms with Gasteiger partial charge in [-0.15, -0.1) is 0 Å². The molecule has 2 aromatic rings. The topological polar surface area (TPSA) is 70.6 Å². The van der Waals surface area contributed by atoms with E-state index in [-0.39, 0.29) is 18.0 Å². The van der Waals surface area contributed by atoms with Crippen LogP contribution in [0.1, 0.15) is 17.5 Å². The van der Waals surface area contributed by atoms with Crippen molar-refractivity contribution in [3.05, 3.63) is 59.2 Å². The number of benzene rings is 2. The minimum absolute atomic E-state index is 0.131. The van der Waals surface area contributed by atoms with Crippen molar-refractivity contribution in [2.75, 3.05) is 5.32 Å². The minimum Gasteiger partial charge on any atom is -0.324 e. The van der Waals surface area contributed by atoms with Crippen molar-refractivity contribution in [3.8, 4) is 0 Å². The van der Waals surface area contributed by atoms with Gasteiger partial charge in [0.25, 0.3) is 0 Å². The van der Waals surface area contributed by atoms with Gasteiger partial charge >= 0.3 is 0 Å². The molecule has 3 rings (SSSR count). The molecule has 5 nitrogen and oxygen atoms in total. The summed E-state index contributed by atoms with van der Waals surface area (Å²) in [5, 5.41) is 4.74. The van der Waals surface area contributed by atoms with Gasteiger partial charge in [0.1, 0.15) is 16.9 Å². The Morgan fingerprint density at radius 2 is 1.96 bits per heavy atom. The van der Waals surface area contributed by atoms with Crippen LogP contribution in [0.4, 0.5) is 20.2 Å². The highest BCUT2D eigenvalue weighted by Crippen LogP contribution is 2.26. The molecule has 0 unspecified atom stereocenters. The molecule has 2 aromatic carbocycles. The fourth-order valence-electron chi connectivity index (χ4n) is 2.47. The first-order chi connectivity index (χ1) is 12.8. The zero-order valence-electron chi connectivity index (χ0n) is 14.7. The average molecular weight is 389 g/mol. The third-order valence-corrected chi connectivity index (χ3v) is 5.16. The van der Waals surface area contributed by atoms with E-state index in [1.165, 1.54) is 0 Å². The van der Waals surface area contributed by atoms with Crippen LogP contribution in [0.15, 0.2) is 41.4 Å². The first kappa shape index (κ1) is 19.0. The summed E-state index contributed by atoms with van der Waals surface area (Å²) in [5.74, 6) is -2.48. The maximum Gasteiger partial charge on any atom is 0.240 e. The van der Waals surface area contributed by atoms with Crippen molar-refractivity contribution >= 4 is 40.1 Å². The van der Waals surface area contributed by atoms with E-state index in [2.05, 4.69) is 15.6 Å². The lowest BCUT2D eigenvalue weighted by atomic mass is 10.1. The number of thioether (sulfide) groups is 1. The predicted molar refractivity (Wildman–Crippen MR) is 102 cm³/mol. The highest BCUT2D eigenvalue weighted by molar-refractivity contribution is 8.15. The third-order valence-electron chi connectivity index (χ3n) is 4.07. The zero-order chi connectivity index (χ0) is 19.6. The van der Waals surface area contributed by atoms with Gasteiger partial charge in [-0.05, 0) is 49.2 Å². The Bertz CT molecular complexity index is 947. The van der Waals surface area contributed by atoms with E-state index in [0.29, 0.717) is 16.9 Å². The van der Waals surface area contributed by atoms with E-state index in [1.54, 1.807) is 0 Å². The third kappa shape index (κ3) is 4.71. The monoisotopic (exact) mass is 389 g/mol. The quantitative estimate of drug-likeness (QED) is 0.835. The molecule has 140 valence electrons. The number of halogens is 2. The highest BCUT2D eigenvalue weighted by atomic mass is 32.2. The summed E-state index contributed by atoms with van der Waals surface area (Å²) in [5.41, 5.74) is 2.81. The summed E-state index contributed by atoms with van der Waals surface area (Å²) in [4.78, 5) is 28.6. The maximum atomic E-state index is 13.6. The van der Waals surface area contributed by atoms with Crippen molar-refractivity contribution in [3.63, 3.8) is 0 Å². The molecular formula is C19H17F2N3O2S. The molecule has 2 N–H and O–H groups in total. The Morgan fingerprint density at radius 1 is 1.19 bits per heavy atom. The Balaban J connectivity index is 1.64. The lowest BCUT2D eigenvalue weighted by Crippen LogP contribution is -2.28. The molecule has 0 spiro atoms. The Hall–Kier alpha value is -2.74. The molecule has 2 amide bonds. The summed E-state index contributed by atoms with van der Waals surface area (Å²) in [6.07, 6.45) is -0.154. The molecule has 0 aromatic heterocycles. The molecule has 0 radical (unpaired) electrons. The number of nitrogens with one attached hydrogen (secondary N) is 2. The van der Waals surface area contributed by atoms with Crippen LogP contribution in [0, 0.1) is 25.5 Å². The van der Waals surface area contributed by atoms with Gasteiger partial charge < -0.3 is 10.6 Å². The number of rotatable bonds is 4. The number of hydrogen-bond acceptors (Lipinski definition) is 4. The lowest BCUT2D eigenvalue weighted by molar-refractivity contribution is -0.122. The second-order valence-electron chi connectivity index (χ2n) is 6.16. The van der Waals surface area contributed by atoms with Gasteiger partial charge in [0.15, 0.2) is 5.17 Å². The van der Waals surface area contributed by atoms with Crippen molar-refractivity contribution in [2.24, 2.45) is 4.99 Å². The summed E-state index contributed by atoms with van der Waals surface area (Å²) in [7, 11) is 0. The van der Waals surface area contributed by atoms with Crippen LogP contribution >= 0.6 is 11.8 Å². The zero-order valence-corrected chi connectivity index (χ0v) is 15.5. The van der Waals surface area contributed by atoms with Gasteiger partial charge in [-0.3, -0.25) is 9.59 Å². The maximum absolute atomic E-state index is 13.6. The summed E-state index contributed by atoms with van der Waals surface area (Å²) < 4.78 is 26.5. The Morgan fingerprint density at radius 3 is 2.67 bits per heavy atom. The molecule has 0 saturated carbocycles. The SMILES string of the molecule is Cc1ccc(N=C2NC(=O)[C@H](CC(=O)Nc3ccc(F)cc3F)S2)cc1C. The van der Waals surface area contributed by atoms with Crippen LogP contribution in [0.25, 0.3) is 0 Å². The summed E-state index contributed by atoms with van der Waals surface area (Å²) >= 11 is 1.14. The van der Waals surface area contributed by atoms with Crippen LogP contribution in [-0.2, 0) is 9.59 Å². The molecule has 1 saturated heterocycles. The van der Waals surface area contributed by atoms with E-state index in [1.807, 2.05) is 32.0 Å². The number of nitrogens with zero attached hydrogens (tertiary/aromatic N) is 1. The van der Waals surface area contributed by atoms with E-state index < -0.39 is 22.8 Å². The molecule has 8 heteroatoms. The molecule has 1 aliphatic heterocycles. The number of aliphatic imine (C=N–C) groups is 1. The number of aryl methyl sites for hydroxylation is 2. The number of amides is 2. The van der Waals surface area contributed by atoms with E-state index in [4.69, 9.17) is 0 Å². The van der Waals surface area contributed by atoms with Gasteiger partial charge in [-0.25, -0.2) is 13.8 Å². The van der Waals surface area contributed by atoms with Crippen molar-refractivity contribution in [1.82, 2.24) is 5.32 Å². The number of hydrogen-bond donors (Lipinski definition) is 2. The summed E-state index contributed by atoms with van der Waals surface area (Å²) in [6, 6.07) is 8.56. The van der Waals surface area contributed by atoms with Crippen LogP contribution in [0.3, 0.4) is 0 Å². The molecule has 1 heterocycles. The molecular weight excluding hydrogens is 372 g/mol.